The highest BCUT2D eigenvalue weighted by Gasteiger charge is 2.11. The summed E-state index contributed by atoms with van der Waals surface area (Å²) in [7, 11) is 0. The molecular weight excluding hydrogens is 304 g/mol. The molecule has 0 bridgehead atoms. The van der Waals surface area contributed by atoms with Gasteiger partial charge < -0.3 is 9.30 Å². The number of rotatable bonds is 7. The van der Waals surface area contributed by atoms with Crippen LogP contribution in [0.15, 0.2) is 34.6 Å². The highest BCUT2D eigenvalue weighted by molar-refractivity contribution is 7.07. The van der Waals surface area contributed by atoms with E-state index in [4.69, 9.17) is 9.73 Å². The summed E-state index contributed by atoms with van der Waals surface area (Å²) < 4.78 is 8.05. The second kappa shape index (κ2) is 8.34. The summed E-state index contributed by atoms with van der Waals surface area (Å²) >= 11 is 1.70. The average molecular weight is 333 g/mol. The number of aromatic nitrogens is 1. The molecule has 23 heavy (non-hydrogen) atoms. The molecule has 1 aromatic carbocycles. The van der Waals surface area contributed by atoms with Gasteiger partial charge in [-0.2, -0.15) is 0 Å². The van der Waals surface area contributed by atoms with E-state index in [-0.39, 0.29) is 0 Å². The summed E-state index contributed by atoms with van der Waals surface area (Å²) in [6.07, 6.45) is 2.41. The van der Waals surface area contributed by atoms with E-state index < -0.39 is 0 Å². The maximum absolute atomic E-state index is 5.70. The lowest BCUT2D eigenvalue weighted by Crippen LogP contribution is -2.20. The van der Waals surface area contributed by atoms with Gasteiger partial charge in [0.05, 0.1) is 6.61 Å². The van der Waals surface area contributed by atoms with Gasteiger partial charge in [-0.15, -0.1) is 11.3 Å². The van der Waals surface area contributed by atoms with Gasteiger partial charge in [0.15, 0.2) is 4.80 Å². The van der Waals surface area contributed by atoms with Gasteiger partial charge in [0.2, 0.25) is 0 Å². The lowest BCUT2D eigenvalue weighted by atomic mass is 10.0. The second-order valence-electron chi connectivity index (χ2n) is 6.36. The van der Waals surface area contributed by atoms with E-state index in [1.165, 1.54) is 18.5 Å². The van der Waals surface area contributed by atoms with Crippen LogP contribution in [0.5, 0.6) is 5.75 Å². The van der Waals surface area contributed by atoms with Crippen molar-refractivity contribution in [3.8, 4) is 5.75 Å². The van der Waals surface area contributed by atoms with Gasteiger partial charge in [-0.25, -0.2) is 4.99 Å². The van der Waals surface area contributed by atoms with Gasteiger partial charge in [0, 0.05) is 17.1 Å². The second-order valence-corrected chi connectivity index (χ2v) is 7.20. The molecule has 0 fully saturated rings. The molecule has 0 amide bonds. The SMILES string of the molecule is CCOc1ccccc1N=c1scc(C)n1C(C)CCC(C)C. The fourth-order valence-corrected chi connectivity index (χ4v) is 3.63. The molecule has 1 aromatic heterocycles. The number of benzene rings is 1. The molecule has 3 nitrogen and oxygen atoms in total. The van der Waals surface area contributed by atoms with Crippen molar-refractivity contribution < 1.29 is 4.74 Å². The zero-order chi connectivity index (χ0) is 16.8. The summed E-state index contributed by atoms with van der Waals surface area (Å²) in [5.41, 5.74) is 2.18. The number of hydrogen-bond donors (Lipinski definition) is 0. The number of ether oxygens (including phenoxy) is 1. The molecule has 0 saturated heterocycles. The van der Waals surface area contributed by atoms with Crippen LogP contribution in [0.1, 0.15) is 52.3 Å². The van der Waals surface area contributed by atoms with Crippen LogP contribution in [0.4, 0.5) is 5.69 Å². The highest BCUT2D eigenvalue weighted by Crippen LogP contribution is 2.27. The first-order valence-corrected chi connectivity index (χ1v) is 9.34. The molecule has 4 heteroatoms. The molecule has 0 aliphatic heterocycles. The standard InChI is InChI=1S/C19H28N2OS/c1-6-22-18-10-8-7-9-17(18)20-19-21(16(5)13-23-19)15(4)12-11-14(2)3/h7-10,13-15H,6,11-12H2,1-5H3. The molecule has 1 atom stereocenters. The Labute approximate surface area is 143 Å². The number of nitrogens with zero attached hydrogens (tertiary/aromatic N) is 2. The number of aryl methyl sites for hydroxylation is 1. The molecule has 0 aliphatic rings. The Morgan fingerprint density at radius 2 is 1.91 bits per heavy atom. The van der Waals surface area contributed by atoms with Gasteiger partial charge >= 0.3 is 0 Å². The Kier molecular flexibility index (Phi) is 6.46. The zero-order valence-corrected chi connectivity index (χ0v) is 15.7. The van der Waals surface area contributed by atoms with Crippen LogP contribution in [0.25, 0.3) is 0 Å². The largest absolute Gasteiger partial charge is 0.492 e. The van der Waals surface area contributed by atoms with Gasteiger partial charge in [0.1, 0.15) is 11.4 Å². The van der Waals surface area contributed by atoms with Crippen LogP contribution in [-0.4, -0.2) is 11.2 Å². The lowest BCUT2D eigenvalue weighted by molar-refractivity contribution is 0.341. The summed E-state index contributed by atoms with van der Waals surface area (Å²) in [5, 5.41) is 2.19. The van der Waals surface area contributed by atoms with E-state index in [2.05, 4.69) is 37.6 Å². The Hall–Kier alpha value is -1.55. The van der Waals surface area contributed by atoms with Crippen molar-refractivity contribution in [1.82, 2.24) is 4.57 Å². The van der Waals surface area contributed by atoms with Crippen LogP contribution in [0.3, 0.4) is 0 Å². The maximum atomic E-state index is 5.70. The van der Waals surface area contributed by atoms with Crippen LogP contribution in [-0.2, 0) is 0 Å². The molecule has 0 radical (unpaired) electrons. The van der Waals surface area contributed by atoms with Crippen molar-refractivity contribution in [2.24, 2.45) is 10.9 Å². The smallest absolute Gasteiger partial charge is 0.190 e. The fourth-order valence-electron chi connectivity index (χ4n) is 2.65. The summed E-state index contributed by atoms with van der Waals surface area (Å²) in [4.78, 5) is 5.93. The lowest BCUT2D eigenvalue weighted by Gasteiger charge is -2.17. The zero-order valence-electron chi connectivity index (χ0n) is 14.9. The molecule has 2 rings (SSSR count). The van der Waals surface area contributed by atoms with E-state index in [9.17, 15) is 0 Å². The van der Waals surface area contributed by atoms with E-state index in [1.807, 2.05) is 31.2 Å². The maximum Gasteiger partial charge on any atom is 0.190 e. The molecular formula is C19H28N2OS. The molecule has 1 unspecified atom stereocenters. The first-order valence-electron chi connectivity index (χ1n) is 8.46. The van der Waals surface area contributed by atoms with Crippen molar-refractivity contribution >= 4 is 17.0 Å². The molecule has 0 N–H and O–H groups in total. The number of para-hydroxylation sites is 2. The minimum absolute atomic E-state index is 0.460. The van der Waals surface area contributed by atoms with E-state index in [1.54, 1.807) is 11.3 Å². The number of hydrogen-bond acceptors (Lipinski definition) is 3. The normalized spacial score (nSPS) is 13.6. The summed E-state index contributed by atoms with van der Waals surface area (Å²) in [5.74, 6) is 1.58. The van der Waals surface area contributed by atoms with Crippen LogP contribution in [0.2, 0.25) is 0 Å². The molecule has 0 spiro atoms. The minimum atomic E-state index is 0.460. The first-order chi connectivity index (χ1) is 11.0. The molecule has 2 aromatic rings. The topological polar surface area (TPSA) is 26.5 Å². The fraction of sp³-hybridized carbons (Fsp3) is 0.526. The Morgan fingerprint density at radius 3 is 2.61 bits per heavy atom. The van der Waals surface area contributed by atoms with E-state index in [0.29, 0.717) is 12.6 Å². The van der Waals surface area contributed by atoms with Crippen LogP contribution < -0.4 is 9.54 Å². The average Bonchev–Trinajstić information content (AvgIpc) is 2.88. The Bertz CT molecular complexity index is 685. The van der Waals surface area contributed by atoms with Crippen LogP contribution >= 0.6 is 11.3 Å². The minimum Gasteiger partial charge on any atom is -0.492 e. The monoisotopic (exact) mass is 332 g/mol. The van der Waals surface area contributed by atoms with Gasteiger partial charge in [0.25, 0.3) is 0 Å². The summed E-state index contributed by atoms with van der Waals surface area (Å²) in [6.45, 7) is 11.7. The van der Waals surface area contributed by atoms with Crippen molar-refractivity contribution in [2.45, 2.75) is 53.5 Å². The van der Waals surface area contributed by atoms with Crippen LogP contribution in [0, 0.1) is 12.8 Å². The van der Waals surface area contributed by atoms with Crippen molar-refractivity contribution in [3.63, 3.8) is 0 Å². The van der Waals surface area contributed by atoms with E-state index in [0.717, 1.165) is 22.2 Å². The van der Waals surface area contributed by atoms with Crippen molar-refractivity contribution in [1.29, 1.82) is 0 Å². The quantitative estimate of drug-likeness (QED) is 0.659. The third-order valence-electron chi connectivity index (χ3n) is 3.90. The third-order valence-corrected chi connectivity index (χ3v) is 4.86. The first kappa shape index (κ1) is 17.8. The van der Waals surface area contributed by atoms with Gasteiger partial charge in [-0.1, -0.05) is 26.0 Å². The molecule has 0 aliphatic carbocycles. The Morgan fingerprint density at radius 1 is 1.17 bits per heavy atom. The third kappa shape index (κ3) is 4.71. The predicted octanol–water partition coefficient (Wildman–Crippen LogP) is 5.49. The predicted molar refractivity (Wildman–Crippen MR) is 98.7 cm³/mol. The van der Waals surface area contributed by atoms with Gasteiger partial charge in [-0.05, 0) is 51.7 Å². The highest BCUT2D eigenvalue weighted by atomic mass is 32.1. The summed E-state index contributed by atoms with van der Waals surface area (Å²) in [6, 6.07) is 8.46. The van der Waals surface area contributed by atoms with Gasteiger partial charge in [-0.3, -0.25) is 0 Å². The van der Waals surface area contributed by atoms with Crippen molar-refractivity contribution in [2.75, 3.05) is 6.61 Å². The Balaban J connectivity index is 2.37. The molecule has 0 saturated carbocycles. The number of thiazole rings is 1. The van der Waals surface area contributed by atoms with E-state index >= 15 is 0 Å². The van der Waals surface area contributed by atoms with Crippen molar-refractivity contribution in [3.05, 3.63) is 40.1 Å². The molecule has 126 valence electrons. The molecule has 1 heterocycles.